The van der Waals surface area contributed by atoms with Gasteiger partial charge in [-0.2, -0.15) is 0 Å². The SMILES string of the molecule is C#CCN1C(=O)CCc2ccc(OCC(O)CN3CCC(Cc4ccccc4)CC3)cc21. The van der Waals surface area contributed by atoms with Gasteiger partial charge in [0.15, 0.2) is 0 Å². The van der Waals surface area contributed by atoms with Crippen molar-refractivity contribution >= 4 is 11.6 Å². The Labute approximate surface area is 191 Å². The van der Waals surface area contributed by atoms with Gasteiger partial charge in [0.25, 0.3) is 0 Å². The first kappa shape index (κ1) is 22.4. The van der Waals surface area contributed by atoms with Crippen LogP contribution >= 0.6 is 0 Å². The summed E-state index contributed by atoms with van der Waals surface area (Å²) in [4.78, 5) is 16.2. The van der Waals surface area contributed by atoms with Crippen LogP contribution in [0.5, 0.6) is 5.75 Å². The fourth-order valence-electron chi connectivity index (χ4n) is 4.74. The van der Waals surface area contributed by atoms with E-state index >= 15 is 0 Å². The number of amides is 1. The van der Waals surface area contributed by atoms with Gasteiger partial charge in [-0.15, -0.1) is 6.42 Å². The molecule has 1 amide bonds. The van der Waals surface area contributed by atoms with Crippen LogP contribution in [0, 0.1) is 18.3 Å². The molecule has 4 rings (SSSR count). The van der Waals surface area contributed by atoms with Crippen molar-refractivity contribution in [1.82, 2.24) is 4.90 Å². The van der Waals surface area contributed by atoms with Gasteiger partial charge < -0.3 is 19.6 Å². The van der Waals surface area contributed by atoms with E-state index in [0.717, 1.165) is 50.0 Å². The quantitative estimate of drug-likeness (QED) is 0.651. The van der Waals surface area contributed by atoms with E-state index in [1.165, 1.54) is 5.56 Å². The van der Waals surface area contributed by atoms with Crippen molar-refractivity contribution in [3.05, 3.63) is 59.7 Å². The van der Waals surface area contributed by atoms with Crippen LogP contribution in [0.15, 0.2) is 48.5 Å². The molecular weight excluding hydrogens is 400 g/mol. The van der Waals surface area contributed by atoms with Crippen molar-refractivity contribution in [1.29, 1.82) is 0 Å². The Morgan fingerprint density at radius 2 is 1.91 bits per heavy atom. The van der Waals surface area contributed by atoms with Crippen molar-refractivity contribution < 1.29 is 14.6 Å². The van der Waals surface area contributed by atoms with E-state index in [4.69, 9.17) is 11.2 Å². The van der Waals surface area contributed by atoms with Gasteiger partial charge in [-0.1, -0.05) is 42.3 Å². The second-order valence-corrected chi connectivity index (χ2v) is 8.87. The van der Waals surface area contributed by atoms with E-state index in [9.17, 15) is 9.90 Å². The lowest BCUT2D eigenvalue weighted by molar-refractivity contribution is -0.118. The molecule has 2 aliphatic heterocycles. The summed E-state index contributed by atoms with van der Waals surface area (Å²) in [6.07, 6.45) is 9.54. The van der Waals surface area contributed by atoms with Crippen LogP contribution in [-0.4, -0.2) is 54.8 Å². The molecular formula is C27H32N2O3. The first-order chi connectivity index (χ1) is 15.6. The van der Waals surface area contributed by atoms with E-state index < -0.39 is 6.10 Å². The van der Waals surface area contributed by atoms with Gasteiger partial charge in [-0.25, -0.2) is 0 Å². The number of aliphatic hydroxyl groups excluding tert-OH is 1. The molecule has 0 bridgehead atoms. The molecule has 0 aliphatic carbocycles. The summed E-state index contributed by atoms with van der Waals surface area (Å²) in [5.74, 6) is 3.97. The van der Waals surface area contributed by atoms with Gasteiger partial charge in [0, 0.05) is 19.0 Å². The van der Waals surface area contributed by atoms with Crippen LogP contribution in [0.2, 0.25) is 0 Å². The normalized spacial score (nSPS) is 18.1. The number of nitrogens with zero attached hydrogens (tertiary/aromatic N) is 2. The van der Waals surface area contributed by atoms with Gasteiger partial charge in [0.2, 0.25) is 5.91 Å². The zero-order valence-electron chi connectivity index (χ0n) is 18.6. The highest BCUT2D eigenvalue weighted by Crippen LogP contribution is 2.31. The summed E-state index contributed by atoms with van der Waals surface area (Å²) in [6.45, 7) is 3.13. The topological polar surface area (TPSA) is 53.0 Å². The molecule has 2 heterocycles. The molecule has 1 atom stereocenters. The van der Waals surface area contributed by atoms with Gasteiger partial charge in [0.1, 0.15) is 18.5 Å². The molecule has 1 unspecified atom stereocenters. The van der Waals surface area contributed by atoms with Crippen LogP contribution in [0.25, 0.3) is 0 Å². The molecule has 1 N–H and O–H groups in total. The predicted molar refractivity (Wildman–Crippen MR) is 127 cm³/mol. The predicted octanol–water partition coefficient (Wildman–Crippen LogP) is 3.29. The highest BCUT2D eigenvalue weighted by molar-refractivity contribution is 5.97. The van der Waals surface area contributed by atoms with Gasteiger partial charge in [-0.05, 0) is 61.9 Å². The van der Waals surface area contributed by atoms with Gasteiger partial charge in [-0.3, -0.25) is 4.79 Å². The van der Waals surface area contributed by atoms with E-state index in [0.29, 0.717) is 24.6 Å². The third kappa shape index (κ3) is 5.70. The maximum absolute atomic E-state index is 12.2. The summed E-state index contributed by atoms with van der Waals surface area (Å²) in [5.41, 5.74) is 3.34. The van der Waals surface area contributed by atoms with Crippen LogP contribution in [0.4, 0.5) is 5.69 Å². The molecule has 0 saturated carbocycles. The minimum Gasteiger partial charge on any atom is -0.491 e. The number of benzene rings is 2. The average molecular weight is 433 g/mol. The Kier molecular flexibility index (Phi) is 7.47. The fraction of sp³-hybridized carbons (Fsp3) is 0.444. The van der Waals surface area contributed by atoms with Gasteiger partial charge >= 0.3 is 0 Å². The minimum atomic E-state index is -0.555. The van der Waals surface area contributed by atoms with Crippen molar-refractivity contribution in [2.24, 2.45) is 5.92 Å². The summed E-state index contributed by atoms with van der Waals surface area (Å²) in [5, 5.41) is 10.5. The largest absolute Gasteiger partial charge is 0.491 e. The standard InChI is InChI=1S/C27H32N2O3/c1-2-14-29-26-18-25(10-8-23(26)9-11-27(29)31)32-20-24(30)19-28-15-12-22(13-16-28)17-21-6-4-3-5-7-21/h1,3-8,10,18,22,24,30H,9,11-17,19-20H2. The highest BCUT2D eigenvalue weighted by atomic mass is 16.5. The smallest absolute Gasteiger partial charge is 0.228 e. The third-order valence-corrected chi connectivity index (χ3v) is 6.49. The number of hydrogen-bond donors (Lipinski definition) is 1. The lowest BCUT2D eigenvalue weighted by Gasteiger charge is -2.33. The molecule has 1 fully saturated rings. The molecule has 32 heavy (non-hydrogen) atoms. The minimum absolute atomic E-state index is 0.0447. The Morgan fingerprint density at radius 3 is 2.66 bits per heavy atom. The van der Waals surface area contributed by atoms with Crippen LogP contribution in [0.3, 0.4) is 0 Å². The molecule has 5 heteroatoms. The van der Waals surface area contributed by atoms with E-state index in [1.807, 2.05) is 18.2 Å². The molecule has 0 aromatic heterocycles. The van der Waals surface area contributed by atoms with Crippen molar-refractivity contribution in [3.8, 4) is 18.1 Å². The number of ether oxygens (including phenoxy) is 1. The maximum Gasteiger partial charge on any atom is 0.228 e. The lowest BCUT2D eigenvalue weighted by Crippen LogP contribution is -2.41. The number of β-amino-alcohol motifs (C(OH)–C–C–N with tert-alkyl or cyclic N) is 1. The molecule has 0 radical (unpaired) electrons. The number of piperidine rings is 1. The molecule has 5 nitrogen and oxygen atoms in total. The number of hydrogen-bond acceptors (Lipinski definition) is 4. The van der Waals surface area contributed by atoms with Crippen molar-refractivity contribution in [3.63, 3.8) is 0 Å². The monoisotopic (exact) mass is 432 g/mol. The summed E-state index contributed by atoms with van der Waals surface area (Å²) in [7, 11) is 0. The Hall–Kier alpha value is -2.81. The molecule has 2 aliphatic rings. The van der Waals surface area contributed by atoms with Crippen LogP contribution < -0.4 is 9.64 Å². The number of anilines is 1. The highest BCUT2D eigenvalue weighted by Gasteiger charge is 2.24. The molecule has 2 aromatic carbocycles. The summed E-state index contributed by atoms with van der Waals surface area (Å²) < 4.78 is 5.87. The van der Waals surface area contributed by atoms with Gasteiger partial charge in [0.05, 0.1) is 12.2 Å². The fourth-order valence-corrected chi connectivity index (χ4v) is 4.74. The van der Waals surface area contributed by atoms with E-state index in [1.54, 1.807) is 4.90 Å². The number of terminal acetylenes is 1. The average Bonchev–Trinajstić information content (AvgIpc) is 2.81. The number of carbonyl (C=O) groups excluding carboxylic acids is 1. The molecule has 2 aromatic rings. The van der Waals surface area contributed by atoms with E-state index in [-0.39, 0.29) is 19.1 Å². The molecule has 1 saturated heterocycles. The van der Waals surface area contributed by atoms with Crippen molar-refractivity contribution in [2.75, 3.05) is 37.7 Å². The summed E-state index contributed by atoms with van der Waals surface area (Å²) >= 11 is 0. The summed E-state index contributed by atoms with van der Waals surface area (Å²) in [6, 6.07) is 16.4. The number of rotatable bonds is 8. The second kappa shape index (κ2) is 10.7. The third-order valence-electron chi connectivity index (χ3n) is 6.49. The maximum atomic E-state index is 12.2. The first-order valence-electron chi connectivity index (χ1n) is 11.6. The Balaban J connectivity index is 1.24. The van der Waals surface area contributed by atoms with Crippen LogP contribution in [-0.2, 0) is 17.6 Å². The van der Waals surface area contributed by atoms with Crippen molar-refractivity contribution in [2.45, 2.75) is 38.2 Å². The lowest BCUT2D eigenvalue weighted by atomic mass is 9.90. The Bertz CT molecular complexity index is 945. The number of fused-ring (bicyclic) bond motifs is 1. The Morgan fingerprint density at radius 1 is 1.12 bits per heavy atom. The van der Waals surface area contributed by atoms with E-state index in [2.05, 4.69) is 41.2 Å². The number of likely N-dealkylation sites (tertiary alicyclic amines) is 1. The van der Waals surface area contributed by atoms with Crippen LogP contribution in [0.1, 0.15) is 30.4 Å². The zero-order chi connectivity index (χ0) is 22.3. The second-order valence-electron chi connectivity index (χ2n) is 8.87. The molecule has 0 spiro atoms. The zero-order valence-corrected chi connectivity index (χ0v) is 18.6. The number of carbonyl (C=O) groups is 1. The number of aliphatic hydroxyl groups is 1. The number of aryl methyl sites for hydroxylation is 1. The first-order valence-corrected chi connectivity index (χ1v) is 11.6. The molecule has 168 valence electrons.